The number of nitriles is 1. The van der Waals surface area contributed by atoms with E-state index in [0.717, 1.165) is 27.9 Å². The fourth-order valence-corrected chi connectivity index (χ4v) is 2.73. The van der Waals surface area contributed by atoms with E-state index in [1.54, 1.807) is 6.20 Å². The molecule has 4 heteroatoms. The maximum atomic E-state index is 9.33. The minimum atomic E-state index is 0.145. The molecule has 0 aliphatic heterocycles. The van der Waals surface area contributed by atoms with Crippen LogP contribution in [0.1, 0.15) is 33.5 Å². The lowest BCUT2D eigenvalue weighted by atomic mass is 10.0. The number of hydrogen-bond acceptors (Lipinski definition) is 4. The summed E-state index contributed by atoms with van der Waals surface area (Å²) in [7, 11) is 0. The quantitative estimate of drug-likeness (QED) is 0.417. The fourth-order valence-electron chi connectivity index (χ4n) is 2.73. The van der Waals surface area contributed by atoms with Crippen LogP contribution in [0.2, 0.25) is 0 Å². The van der Waals surface area contributed by atoms with Gasteiger partial charge in [-0.1, -0.05) is 88.4 Å². The molecule has 0 N–H and O–H groups in total. The second-order valence-electron chi connectivity index (χ2n) is 5.30. The van der Waals surface area contributed by atoms with Gasteiger partial charge in [0, 0.05) is 22.7 Å². The standard InChI is InChI=1S/C20H12N4.2C2H6/c21-13-17-23-18(14-7-3-1-4-8-14)16-11-12-22-19(20(16)24-17)15-9-5-2-6-10-15;2*1-2/h1-12H;2*1-2H3. The van der Waals surface area contributed by atoms with Crippen LogP contribution in [0.25, 0.3) is 33.4 Å². The van der Waals surface area contributed by atoms with Gasteiger partial charge in [0.25, 0.3) is 0 Å². The molecule has 0 radical (unpaired) electrons. The van der Waals surface area contributed by atoms with Crippen molar-refractivity contribution in [2.45, 2.75) is 27.7 Å². The zero-order chi connectivity index (χ0) is 20.4. The molecule has 4 aromatic rings. The van der Waals surface area contributed by atoms with Gasteiger partial charge in [0.2, 0.25) is 5.82 Å². The molecule has 0 aliphatic carbocycles. The van der Waals surface area contributed by atoms with Crippen molar-refractivity contribution in [3.63, 3.8) is 0 Å². The molecule has 0 spiro atoms. The third-order valence-corrected chi connectivity index (χ3v) is 3.81. The van der Waals surface area contributed by atoms with Crippen molar-refractivity contribution in [3.05, 3.63) is 78.8 Å². The maximum Gasteiger partial charge on any atom is 0.233 e. The molecule has 0 bridgehead atoms. The van der Waals surface area contributed by atoms with E-state index >= 15 is 0 Å². The third kappa shape index (κ3) is 4.39. The predicted molar refractivity (Wildman–Crippen MR) is 116 cm³/mol. The molecule has 0 saturated heterocycles. The van der Waals surface area contributed by atoms with Crippen LogP contribution in [0.4, 0.5) is 0 Å². The largest absolute Gasteiger partial charge is 0.254 e. The minimum absolute atomic E-state index is 0.145. The fraction of sp³-hybridized carbons (Fsp3) is 0.167. The second kappa shape index (κ2) is 10.5. The first kappa shape index (κ1) is 20.7. The van der Waals surface area contributed by atoms with Gasteiger partial charge in [-0.2, -0.15) is 5.26 Å². The zero-order valence-electron chi connectivity index (χ0n) is 16.7. The molecular weight excluding hydrogens is 344 g/mol. The summed E-state index contributed by atoms with van der Waals surface area (Å²) in [6.45, 7) is 8.00. The summed E-state index contributed by atoms with van der Waals surface area (Å²) in [5, 5.41) is 10.2. The van der Waals surface area contributed by atoms with Gasteiger partial charge < -0.3 is 0 Å². The maximum absolute atomic E-state index is 9.33. The number of nitrogens with zero attached hydrogens (tertiary/aromatic N) is 4. The van der Waals surface area contributed by atoms with Crippen molar-refractivity contribution in [1.82, 2.24) is 15.0 Å². The van der Waals surface area contributed by atoms with Crippen molar-refractivity contribution in [3.8, 4) is 28.6 Å². The van der Waals surface area contributed by atoms with E-state index in [2.05, 4.69) is 21.0 Å². The molecule has 2 aromatic carbocycles. The highest BCUT2D eigenvalue weighted by Gasteiger charge is 2.14. The lowest BCUT2D eigenvalue weighted by Gasteiger charge is -2.09. The second-order valence-corrected chi connectivity index (χ2v) is 5.30. The molecule has 140 valence electrons. The van der Waals surface area contributed by atoms with Gasteiger partial charge in [-0.25, -0.2) is 9.97 Å². The Morgan fingerprint density at radius 3 is 1.75 bits per heavy atom. The summed E-state index contributed by atoms with van der Waals surface area (Å²) in [5.41, 5.74) is 4.10. The molecule has 0 unspecified atom stereocenters. The zero-order valence-corrected chi connectivity index (χ0v) is 16.7. The lowest BCUT2D eigenvalue weighted by molar-refractivity contribution is 1.15. The molecule has 2 heterocycles. The van der Waals surface area contributed by atoms with Crippen molar-refractivity contribution in [2.75, 3.05) is 0 Å². The van der Waals surface area contributed by atoms with Crippen molar-refractivity contribution in [1.29, 1.82) is 5.26 Å². The molecule has 0 amide bonds. The van der Waals surface area contributed by atoms with Crippen LogP contribution in [-0.2, 0) is 0 Å². The minimum Gasteiger partial charge on any atom is -0.254 e. The summed E-state index contributed by atoms with van der Waals surface area (Å²) >= 11 is 0. The SMILES string of the molecule is CC.CC.N#Cc1nc(-c2ccccc2)c2ccnc(-c3ccccc3)c2n1. The van der Waals surface area contributed by atoms with Crippen LogP contribution >= 0.6 is 0 Å². The Kier molecular flexibility index (Phi) is 7.80. The van der Waals surface area contributed by atoms with Gasteiger partial charge in [-0.05, 0) is 6.07 Å². The summed E-state index contributed by atoms with van der Waals surface area (Å²) in [5.74, 6) is 0.145. The van der Waals surface area contributed by atoms with Crippen LogP contribution < -0.4 is 0 Å². The van der Waals surface area contributed by atoms with Crippen LogP contribution in [0.5, 0.6) is 0 Å². The van der Waals surface area contributed by atoms with E-state index in [0.29, 0.717) is 5.52 Å². The highest BCUT2D eigenvalue weighted by molar-refractivity contribution is 5.99. The number of hydrogen-bond donors (Lipinski definition) is 0. The summed E-state index contributed by atoms with van der Waals surface area (Å²) in [4.78, 5) is 13.3. The van der Waals surface area contributed by atoms with Gasteiger partial charge >= 0.3 is 0 Å². The lowest BCUT2D eigenvalue weighted by Crippen LogP contribution is -1.98. The molecule has 0 fully saturated rings. The Morgan fingerprint density at radius 2 is 1.21 bits per heavy atom. The number of pyridine rings is 1. The number of benzene rings is 2. The van der Waals surface area contributed by atoms with Crippen LogP contribution in [0.3, 0.4) is 0 Å². The summed E-state index contributed by atoms with van der Waals surface area (Å²) in [6.07, 6.45) is 1.76. The normalized spacial score (nSPS) is 9.39. The van der Waals surface area contributed by atoms with Crippen molar-refractivity contribution in [2.24, 2.45) is 0 Å². The highest BCUT2D eigenvalue weighted by atomic mass is 14.9. The van der Waals surface area contributed by atoms with Gasteiger partial charge in [-0.15, -0.1) is 0 Å². The Bertz CT molecular complexity index is 1050. The first-order valence-electron chi connectivity index (χ1n) is 9.54. The number of aromatic nitrogens is 3. The van der Waals surface area contributed by atoms with Crippen LogP contribution in [0.15, 0.2) is 72.9 Å². The van der Waals surface area contributed by atoms with Crippen molar-refractivity contribution < 1.29 is 0 Å². The molecule has 4 rings (SSSR count). The molecule has 0 saturated carbocycles. The Labute approximate surface area is 166 Å². The smallest absolute Gasteiger partial charge is 0.233 e. The molecule has 0 atom stereocenters. The average molecular weight is 368 g/mol. The van der Waals surface area contributed by atoms with E-state index in [4.69, 9.17) is 0 Å². The van der Waals surface area contributed by atoms with E-state index in [1.807, 2.05) is 94.4 Å². The highest BCUT2D eigenvalue weighted by Crippen LogP contribution is 2.31. The first-order chi connectivity index (χ1) is 13.9. The molecule has 4 nitrogen and oxygen atoms in total. The van der Waals surface area contributed by atoms with Gasteiger partial charge in [0.05, 0.1) is 11.4 Å². The Hall–Kier alpha value is -3.58. The molecule has 2 aromatic heterocycles. The molecule has 0 aliphatic rings. The number of rotatable bonds is 2. The third-order valence-electron chi connectivity index (χ3n) is 3.81. The Morgan fingerprint density at radius 1 is 0.679 bits per heavy atom. The van der Waals surface area contributed by atoms with Gasteiger partial charge in [0.15, 0.2) is 0 Å². The van der Waals surface area contributed by atoms with Crippen LogP contribution in [0, 0.1) is 11.3 Å². The van der Waals surface area contributed by atoms with Gasteiger partial charge in [0.1, 0.15) is 11.6 Å². The summed E-state index contributed by atoms with van der Waals surface area (Å²) in [6, 6.07) is 23.6. The van der Waals surface area contributed by atoms with E-state index in [9.17, 15) is 5.26 Å². The predicted octanol–water partition coefficient (Wildman–Crippen LogP) is 6.28. The summed E-state index contributed by atoms with van der Waals surface area (Å²) < 4.78 is 0. The van der Waals surface area contributed by atoms with E-state index in [1.165, 1.54) is 0 Å². The Balaban J connectivity index is 0.000000660. The topological polar surface area (TPSA) is 62.5 Å². The first-order valence-corrected chi connectivity index (χ1v) is 9.54. The van der Waals surface area contributed by atoms with Crippen LogP contribution in [-0.4, -0.2) is 15.0 Å². The van der Waals surface area contributed by atoms with E-state index < -0.39 is 0 Å². The molecule has 28 heavy (non-hydrogen) atoms. The molecular formula is C24H24N4. The van der Waals surface area contributed by atoms with Crippen molar-refractivity contribution >= 4 is 10.9 Å². The monoisotopic (exact) mass is 368 g/mol. The van der Waals surface area contributed by atoms with Gasteiger partial charge in [-0.3, -0.25) is 4.98 Å². The van der Waals surface area contributed by atoms with E-state index in [-0.39, 0.29) is 5.82 Å². The average Bonchev–Trinajstić information content (AvgIpc) is 2.81. The number of fused-ring (bicyclic) bond motifs is 1.